The number of nitrogens with zero attached hydrogens (tertiary/aromatic N) is 2. The summed E-state index contributed by atoms with van der Waals surface area (Å²) < 4.78 is 10.3. The van der Waals surface area contributed by atoms with Gasteiger partial charge in [-0.15, -0.1) is 0 Å². The standard InChI is InChI=1S/C17H26N4O7S2/c1-17(2,3)28-16(24)20-12(14(23)18-7-9-27-10-8-22)11-29-30-15-13(21(25)26)5-4-6-19-15/h4-6,12,22H,7-11H2,1-3H3,(H,18,23)(H,20,24). The Morgan fingerprint density at radius 3 is 2.73 bits per heavy atom. The first kappa shape index (κ1) is 25.9. The number of alkyl carbamates (subject to hydrolysis) is 1. The Balaban J connectivity index is 2.69. The Kier molecular flexibility index (Phi) is 11.5. The van der Waals surface area contributed by atoms with Gasteiger partial charge in [0.2, 0.25) is 5.91 Å². The van der Waals surface area contributed by atoms with Crippen LogP contribution in [0.4, 0.5) is 10.5 Å². The van der Waals surface area contributed by atoms with Gasteiger partial charge in [-0.1, -0.05) is 10.8 Å². The Labute approximate surface area is 182 Å². The van der Waals surface area contributed by atoms with E-state index in [1.54, 1.807) is 20.8 Å². The smallest absolute Gasteiger partial charge is 0.408 e. The molecule has 1 aromatic rings. The molecule has 0 aromatic carbocycles. The van der Waals surface area contributed by atoms with Crippen molar-refractivity contribution >= 4 is 39.3 Å². The number of ether oxygens (including phenoxy) is 2. The summed E-state index contributed by atoms with van der Waals surface area (Å²) in [4.78, 5) is 39.1. The fraction of sp³-hybridized carbons (Fsp3) is 0.588. The van der Waals surface area contributed by atoms with Gasteiger partial charge < -0.3 is 25.2 Å². The van der Waals surface area contributed by atoms with Gasteiger partial charge in [0, 0.05) is 24.6 Å². The third-order valence-electron chi connectivity index (χ3n) is 3.11. The monoisotopic (exact) mass is 462 g/mol. The number of aliphatic hydroxyl groups excluding tert-OH is 1. The molecule has 11 nitrogen and oxygen atoms in total. The average molecular weight is 463 g/mol. The van der Waals surface area contributed by atoms with Crippen molar-refractivity contribution in [2.75, 3.05) is 32.1 Å². The number of carbonyl (C=O) groups is 2. The van der Waals surface area contributed by atoms with Crippen molar-refractivity contribution in [3.8, 4) is 0 Å². The number of pyridine rings is 1. The van der Waals surface area contributed by atoms with Crippen LogP contribution in [0.3, 0.4) is 0 Å². The maximum atomic E-state index is 12.5. The van der Waals surface area contributed by atoms with Crippen LogP contribution >= 0.6 is 21.6 Å². The number of hydrogen-bond acceptors (Lipinski definition) is 10. The van der Waals surface area contributed by atoms with Crippen molar-refractivity contribution < 1.29 is 29.1 Å². The summed E-state index contributed by atoms with van der Waals surface area (Å²) in [6, 6.07) is 1.86. The number of hydrogen-bond donors (Lipinski definition) is 3. The molecule has 1 unspecified atom stereocenters. The summed E-state index contributed by atoms with van der Waals surface area (Å²) in [5.41, 5.74) is -0.878. The lowest BCUT2D eigenvalue weighted by Crippen LogP contribution is -2.50. The van der Waals surface area contributed by atoms with Gasteiger partial charge in [0.25, 0.3) is 0 Å². The van der Waals surface area contributed by atoms with Gasteiger partial charge in [-0.3, -0.25) is 14.9 Å². The molecule has 1 heterocycles. The molecule has 1 aromatic heterocycles. The van der Waals surface area contributed by atoms with E-state index in [1.165, 1.54) is 18.3 Å². The fourth-order valence-corrected chi connectivity index (χ4v) is 4.13. The molecule has 0 fully saturated rings. The molecule has 168 valence electrons. The largest absolute Gasteiger partial charge is 0.444 e. The van der Waals surface area contributed by atoms with E-state index in [0.717, 1.165) is 21.6 Å². The molecule has 0 radical (unpaired) electrons. The maximum absolute atomic E-state index is 12.5. The van der Waals surface area contributed by atoms with Gasteiger partial charge in [0.05, 0.1) is 24.7 Å². The van der Waals surface area contributed by atoms with Crippen LogP contribution in [0.5, 0.6) is 0 Å². The number of amides is 2. The Morgan fingerprint density at radius 1 is 1.37 bits per heavy atom. The average Bonchev–Trinajstić information content (AvgIpc) is 2.65. The lowest BCUT2D eigenvalue weighted by Gasteiger charge is -2.23. The second-order valence-corrected chi connectivity index (χ2v) is 9.11. The lowest BCUT2D eigenvalue weighted by atomic mass is 10.2. The second-order valence-electron chi connectivity index (χ2n) is 6.78. The van der Waals surface area contributed by atoms with E-state index in [9.17, 15) is 19.7 Å². The molecule has 13 heteroatoms. The van der Waals surface area contributed by atoms with Crippen LogP contribution in [0.15, 0.2) is 23.4 Å². The van der Waals surface area contributed by atoms with Gasteiger partial charge in [-0.05, 0) is 37.6 Å². The molecule has 1 atom stereocenters. The highest BCUT2D eigenvalue weighted by molar-refractivity contribution is 8.76. The number of aromatic nitrogens is 1. The summed E-state index contributed by atoms with van der Waals surface area (Å²) in [6.45, 7) is 5.53. The van der Waals surface area contributed by atoms with Crippen LogP contribution in [-0.4, -0.2) is 70.8 Å². The molecule has 30 heavy (non-hydrogen) atoms. The van der Waals surface area contributed by atoms with Crippen LogP contribution in [-0.2, 0) is 14.3 Å². The normalized spacial score (nSPS) is 12.1. The van der Waals surface area contributed by atoms with Crippen LogP contribution in [0.2, 0.25) is 0 Å². The third-order valence-corrected chi connectivity index (χ3v) is 5.40. The molecule has 0 saturated heterocycles. The van der Waals surface area contributed by atoms with E-state index >= 15 is 0 Å². The lowest BCUT2D eigenvalue weighted by molar-refractivity contribution is -0.388. The van der Waals surface area contributed by atoms with Crippen molar-refractivity contribution in [2.45, 2.75) is 37.4 Å². The summed E-state index contributed by atoms with van der Waals surface area (Å²) in [7, 11) is 2.17. The van der Waals surface area contributed by atoms with Gasteiger partial charge in [0.1, 0.15) is 11.6 Å². The summed E-state index contributed by atoms with van der Waals surface area (Å²) in [5, 5.41) is 25.1. The van der Waals surface area contributed by atoms with Crippen molar-refractivity contribution in [1.29, 1.82) is 0 Å². The van der Waals surface area contributed by atoms with E-state index in [-0.39, 0.29) is 42.8 Å². The molecule has 1 rings (SSSR count). The van der Waals surface area contributed by atoms with Gasteiger partial charge in [-0.25, -0.2) is 9.78 Å². The molecular formula is C17H26N4O7S2. The maximum Gasteiger partial charge on any atom is 0.408 e. The van der Waals surface area contributed by atoms with Gasteiger partial charge in [0.15, 0.2) is 5.03 Å². The molecule has 0 aliphatic heterocycles. The topological polar surface area (TPSA) is 153 Å². The van der Waals surface area contributed by atoms with E-state index < -0.39 is 28.6 Å². The first-order valence-electron chi connectivity index (χ1n) is 8.98. The fourth-order valence-electron chi connectivity index (χ4n) is 1.91. The predicted octanol–water partition coefficient (Wildman–Crippen LogP) is 1.75. The van der Waals surface area contributed by atoms with Crippen LogP contribution in [0.25, 0.3) is 0 Å². The summed E-state index contributed by atoms with van der Waals surface area (Å²) in [6.07, 6.45) is 0.680. The summed E-state index contributed by atoms with van der Waals surface area (Å²) in [5.74, 6) is -0.349. The first-order valence-corrected chi connectivity index (χ1v) is 11.3. The predicted molar refractivity (Wildman–Crippen MR) is 113 cm³/mol. The van der Waals surface area contributed by atoms with E-state index in [2.05, 4.69) is 15.6 Å². The minimum atomic E-state index is -0.946. The number of nitro groups is 1. The molecule has 3 N–H and O–H groups in total. The van der Waals surface area contributed by atoms with E-state index in [1.807, 2.05) is 0 Å². The van der Waals surface area contributed by atoms with Crippen LogP contribution in [0, 0.1) is 10.1 Å². The Hall–Kier alpha value is -2.09. The molecule has 2 amide bonds. The van der Waals surface area contributed by atoms with E-state index in [4.69, 9.17) is 14.6 Å². The minimum Gasteiger partial charge on any atom is -0.444 e. The summed E-state index contributed by atoms with van der Waals surface area (Å²) >= 11 is 0. The van der Waals surface area contributed by atoms with Crippen molar-refractivity contribution in [3.63, 3.8) is 0 Å². The quantitative estimate of drug-likeness (QED) is 0.181. The zero-order valence-corrected chi connectivity index (χ0v) is 18.6. The second kappa shape index (κ2) is 13.3. The van der Waals surface area contributed by atoms with Crippen LogP contribution < -0.4 is 10.6 Å². The van der Waals surface area contributed by atoms with E-state index in [0.29, 0.717) is 0 Å². The van der Waals surface area contributed by atoms with Crippen molar-refractivity contribution in [1.82, 2.24) is 15.6 Å². The number of rotatable bonds is 12. The third kappa shape index (κ3) is 10.6. The first-order chi connectivity index (χ1) is 14.1. The minimum absolute atomic E-state index is 0.112. The zero-order chi connectivity index (χ0) is 22.6. The zero-order valence-electron chi connectivity index (χ0n) is 17.0. The molecule has 0 aliphatic carbocycles. The van der Waals surface area contributed by atoms with Crippen molar-refractivity contribution in [2.24, 2.45) is 0 Å². The number of nitrogens with one attached hydrogen (secondary N) is 2. The number of carbonyl (C=O) groups excluding carboxylic acids is 2. The SMILES string of the molecule is CC(C)(C)OC(=O)NC(CSSc1ncccc1[N+](=O)[O-])C(=O)NCCOCCO. The molecule has 0 bridgehead atoms. The highest BCUT2D eigenvalue weighted by atomic mass is 33.1. The Bertz CT molecular complexity index is 716. The number of aliphatic hydroxyl groups is 1. The molecule has 0 spiro atoms. The highest BCUT2D eigenvalue weighted by Crippen LogP contribution is 2.35. The molecule has 0 aliphatic rings. The molecular weight excluding hydrogens is 436 g/mol. The molecule has 0 saturated carbocycles. The highest BCUT2D eigenvalue weighted by Gasteiger charge is 2.25. The van der Waals surface area contributed by atoms with Gasteiger partial charge >= 0.3 is 11.8 Å². The van der Waals surface area contributed by atoms with Crippen molar-refractivity contribution in [3.05, 3.63) is 28.4 Å². The van der Waals surface area contributed by atoms with Crippen LogP contribution in [0.1, 0.15) is 20.8 Å². The Morgan fingerprint density at radius 2 is 2.10 bits per heavy atom. The van der Waals surface area contributed by atoms with Gasteiger partial charge in [-0.2, -0.15) is 0 Å².